The van der Waals surface area contributed by atoms with Gasteiger partial charge in [-0.2, -0.15) is 0 Å². The minimum atomic E-state index is -0.623. The molecule has 0 fully saturated rings. The summed E-state index contributed by atoms with van der Waals surface area (Å²) in [7, 11) is 0. The second-order valence-corrected chi connectivity index (χ2v) is 6.11. The first-order chi connectivity index (χ1) is 11.4. The Balaban J connectivity index is 1.95. The molecule has 0 radical (unpaired) electrons. The van der Waals surface area contributed by atoms with E-state index in [-0.39, 0.29) is 11.7 Å². The smallest absolute Gasteiger partial charge is 0.265 e. The van der Waals surface area contributed by atoms with Gasteiger partial charge in [-0.25, -0.2) is 0 Å². The third kappa shape index (κ3) is 4.69. The molecule has 0 aliphatic heterocycles. The van der Waals surface area contributed by atoms with E-state index in [1.807, 2.05) is 24.3 Å². The summed E-state index contributed by atoms with van der Waals surface area (Å²) in [6.07, 6.45) is -0.623. The lowest BCUT2D eigenvalue weighted by molar-refractivity contribution is -0.122. The van der Waals surface area contributed by atoms with Gasteiger partial charge < -0.3 is 10.1 Å². The second kappa shape index (κ2) is 7.77. The zero-order valence-corrected chi connectivity index (χ0v) is 14.5. The van der Waals surface area contributed by atoms with Crippen molar-refractivity contribution in [2.24, 2.45) is 0 Å². The van der Waals surface area contributed by atoms with E-state index in [2.05, 4.69) is 19.2 Å². The number of carbonyl (C=O) groups is 2. The quantitative estimate of drug-likeness (QED) is 0.800. The molecule has 0 aliphatic rings. The zero-order valence-electron chi connectivity index (χ0n) is 14.5. The van der Waals surface area contributed by atoms with E-state index in [0.717, 1.165) is 0 Å². The van der Waals surface area contributed by atoms with Crippen LogP contribution in [0, 0.1) is 0 Å². The number of ether oxygens (including phenoxy) is 1. The van der Waals surface area contributed by atoms with Crippen molar-refractivity contribution in [3.8, 4) is 5.75 Å². The topological polar surface area (TPSA) is 55.4 Å². The van der Waals surface area contributed by atoms with Gasteiger partial charge in [0.1, 0.15) is 5.75 Å². The fourth-order valence-corrected chi connectivity index (χ4v) is 2.22. The first-order valence-corrected chi connectivity index (χ1v) is 8.05. The summed E-state index contributed by atoms with van der Waals surface area (Å²) in [5.74, 6) is 0.875. The SMILES string of the molecule is CC(=O)c1ccc(NC(=O)C(C)Oc2ccc(C(C)C)cc2)cc1. The Morgan fingerprint density at radius 2 is 1.50 bits per heavy atom. The van der Waals surface area contributed by atoms with Crippen LogP contribution in [0.3, 0.4) is 0 Å². The molecule has 1 unspecified atom stereocenters. The van der Waals surface area contributed by atoms with Crippen molar-refractivity contribution in [3.05, 3.63) is 59.7 Å². The predicted molar refractivity (Wildman–Crippen MR) is 95.7 cm³/mol. The highest BCUT2D eigenvalue weighted by Crippen LogP contribution is 2.20. The fourth-order valence-electron chi connectivity index (χ4n) is 2.22. The maximum Gasteiger partial charge on any atom is 0.265 e. The van der Waals surface area contributed by atoms with E-state index in [9.17, 15) is 9.59 Å². The van der Waals surface area contributed by atoms with Gasteiger partial charge in [-0.05, 0) is 61.7 Å². The Bertz CT molecular complexity index is 703. The van der Waals surface area contributed by atoms with E-state index in [4.69, 9.17) is 4.74 Å². The molecule has 126 valence electrons. The number of anilines is 1. The van der Waals surface area contributed by atoms with Gasteiger partial charge in [0.25, 0.3) is 5.91 Å². The maximum absolute atomic E-state index is 12.2. The summed E-state index contributed by atoms with van der Waals surface area (Å²) in [5.41, 5.74) is 2.48. The lowest BCUT2D eigenvalue weighted by Crippen LogP contribution is -2.30. The van der Waals surface area contributed by atoms with Gasteiger partial charge in [-0.15, -0.1) is 0 Å². The molecular formula is C20H23NO3. The molecular weight excluding hydrogens is 302 g/mol. The first kappa shape index (κ1) is 17.7. The van der Waals surface area contributed by atoms with Crippen molar-refractivity contribution in [2.75, 3.05) is 5.32 Å². The molecule has 0 bridgehead atoms. The Morgan fingerprint density at radius 1 is 0.917 bits per heavy atom. The number of hydrogen-bond donors (Lipinski definition) is 1. The van der Waals surface area contributed by atoms with E-state index >= 15 is 0 Å². The van der Waals surface area contributed by atoms with Gasteiger partial charge in [0, 0.05) is 11.3 Å². The molecule has 0 aliphatic carbocycles. The standard InChI is InChI=1S/C20H23NO3/c1-13(2)16-7-11-19(12-8-16)24-15(4)20(23)21-18-9-5-17(6-10-18)14(3)22/h5-13,15H,1-4H3,(H,21,23). The van der Waals surface area contributed by atoms with Crippen LogP contribution in [0.15, 0.2) is 48.5 Å². The maximum atomic E-state index is 12.2. The highest BCUT2D eigenvalue weighted by molar-refractivity contribution is 5.96. The van der Waals surface area contributed by atoms with Gasteiger partial charge >= 0.3 is 0 Å². The van der Waals surface area contributed by atoms with E-state index < -0.39 is 6.10 Å². The molecule has 0 heterocycles. The van der Waals surface area contributed by atoms with Gasteiger partial charge in [-0.3, -0.25) is 9.59 Å². The lowest BCUT2D eigenvalue weighted by atomic mass is 10.0. The highest BCUT2D eigenvalue weighted by atomic mass is 16.5. The largest absolute Gasteiger partial charge is 0.481 e. The first-order valence-electron chi connectivity index (χ1n) is 8.05. The van der Waals surface area contributed by atoms with E-state index in [1.165, 1.54) is 12.5 Å². The third-order valence-electron chi connectivity index (χ3n) is 3.79. The average molecular weight is 325 g/mol. The molecule has 24 heavy (non-hydrogen) atoms. The van der Waals surface area contributed by atoms with Crippen LogP contribution in [0.5, 0.6) is 5.75 Å². The number of rotatable bonds is 6. The Hall–Kier alpha value is -2.62. The second-order valence-electron chi connectivity index (χ2n) is 6.11. The van der Waals surface area contributed by atoms with Crippen molar-refractivity contribution in [1.82, 2.24) is 0 Å². The molecule has 4 heteroatoms. The highest BCUT2D eigenvalue weighted by Gasteiger charge is 2.15. The summed E-state index contributed by atoms with van der Waals surface area (Å²) in [5, 5.41) is 2.78. The molecule has 1 amide bonds. The summed E-state index contributed by atoms with van der Waals surface area (Å²) in [6.45, 7) is 7.47. The summed E-state index contributed by atoms with van der Waals surface area (Å²) in [4.78, 5) is 23.5. The van der Waals surface area contributed by atoms with Crippen molar-refractivity contribution in [3.63, 3.8) is 0 Å². The molecule has 2 aromatic carbocycles. The van der Waals surface area contributed by atoms with Gasteiger partial charge in [0.2, 0.25) is 0 Å². The number of nitrogens with one attached hydrogen (secondary N) is 1. The molecule has 0 aromatic heterocycles. The number of ketones is 1. The third-order valence-corrected chi connectivity index (χ3v) is 3.79. The molecule has 2 rings (SSSR count). The van der Waals surface area contributed by atoms with E-state index in [0.29, 0.717) is 22.9 Å². The molecule has 2 aromatic rings. The molecule has 0 saturated heterocycles. The van der Waals surface area contributed by atoms with Gasteiger partial charge in [0.05, 0.1) is 0 Å². The van der Waals surface area contributed by atoms with Crippen LogP contribution in [0.1, 0.15) is 49.5 Å². The minimum absolute atomic E-state index is 0.00516. The minimum Gasteiger partial charge on any atom is -0.481 e. The van der Waals surface area contributed by atoms with Crippen LogP contribution in [-0.4, -0.2) is 17.8 Å². The van der Waals surface area contributed by atoms with Crippen LogP contribution < -0.4 is 10.1 Å². The lowest BCUT2D eigenvalue weighted by Gasteiger charge is -2.15. The van der Waals surface area contributed by atoms with Crippen molar-refractivity contribution in [2.45, 2.75) is 39.7 Å². The number of benzene rings is 2. The van der Waals surface area contributed by atoms with Crippen molar-refractivity contribution < 1.29 is 14.3 Å². The normalized spacial score (nSPS) is 11.9. The number of hydrogen-bond acceptors (Lipinski definition) is 3. The predicted octanol–water partition coefficient (Wildman–Crippen LogP) is 4.42. The Morgan fingerprint density at radius 3 is 2.00 bits per heavy atom. The van der Waals surface area contributed by atoms with E-state index in [1.54, 1.807) is 31.2 Å². The Kier molecular flexibility index (Phi) is 5.74. The number of carbonyl (C=O) groups excluding carboxylic acids is 2. The number of amides is 1. The van der Waals surface area contributed by atoms with Crippen LogP contribution in [-0.2, 0) is 4.79 Å². The number of Topliss-reactive ketones (excluding diaryl/α,β-unsaturated/α-hetero) is 1. The van der Waals surface area contributed by atoms with Crippen LogP contribution >= 0.6 is 0 Å². The fraction of sp³-hybridized carbons (Fsp3) is 0.300. The monoisotopic (exact) mass is 325 g/mol. The molecule has 4 nitrogen and oxygen atoms in total. The van der Waals surface area contributed by atoms with Crippen LogP contribution in [0.2, 0.25) is 0 Å². The average Bonchev–Trinajstić information content (AvgIpc) is 2.55. The molecule has 0 spiro atoms. The molecule has 0 saturated carbocycles. The van der Waals surface area contributed by atoms with Gasteiger partial charge in [-0.1, -0.05) is 26.0 Å². The zero-order chi connectivity index (χ0) is 17.7. The van der Waals surface area contributed by atoms with Crippen LogP contribution in [0.4, 0.5) is 5.69 Å². The van der Waals surface area contributed by atoms with Crippen LogP contribution in [0.25, 0.3) is 0 Å². The molecule has 1 atom stereocenters. The van der Waals surface area contributed by atoms with Crippen molar-refractivity contribution in [1.29, 1.82) is 0 Å². The summed E-state index contributed by atoms with van der Waals surface area (Å²) < 4.78 is 5.68. The Labute approximate surface area is 142 Å². The summed E-state index contributed by atoms with van der Waals surface area (Å²) in [6, 6.07) is 14.6. The summed E-state index contributed by atoms with van der Waals surface area (Å²) >= 11 is 0. The van der Waals surface area contributed by atoms with Gasteiger partial charge in [0.15, 0.2) is 11.9 Å². The van der Waals surface area contributed by atoms with Crippen molar-refractivity contribution >= 4 is 17.4 Å². The molecule has 1 N–H and O–H groups in total.